The van der Waals surface area contributed by atoms with Gasteiger partial charge in [-0.05, 0) is 43.4 Å². The Labute approximate surface area is 97.3 Å². The first-order chi connectivity index (χ1) is 7.79. The van der Waals surface area contributed by atoms with E-state index in [1.807, 2.05) is 12.1 Å². The van der Waals surface area contributed by atoms with E-state index in [9.17, 15) is 5.11 Å². The summed E-state index contributed by atoms with van der Waals surface area (Å²) in [6.07, 6.45) is 4.87. The summed E-state index contributed by atoms with van der Waals surface area (Å²) in [4.78, 5) is 0. The van der Waals surface area contributed by atoms with Gasteiger partial charge < -0.3 is 9.84 Å². The van der Waals surface area contributed by atoms with Crippen molar-refractivity contribution in [1.29, 1.82) is 0 Å². The Kier molecular flexibility index (Phi) is 3.83. The maximum atomic E-state index is 9.81. The topological polar surface area (TPSA) is 29.5 Å². The average Bonchev–Trinajstić information content (AvgIpc) is 2.33. The molecule has 0 radical (unpaired) electrons. The highest BCUT2D eigenvalue weighted by Gasteiger charge is 2.24. The predicted molar refractivity (Wildman–Crippen MR) is 64.7 cm³/mol. The van der Waals surface area contributed by atoms with E-state index in [0.29, 0.717) is 0 Å². The van der Waals surface area contributed by atoms with Crippen molar-refractivity contribution in [2.45, 2.75) is 51.2 Å². The second-order valence-corrected chi connectivity index (χ2v) is 4.51. The molecule has 1 fully saturated rings. The molecule has 0 aromatic heterocycles. The molecule has 1 aromatic carbocycles. The molecule has 16 heavy (non-hydrogen) atoms. The fourth-order valence-electron chi connectivity index (χ4n) is 2.19. The Balaban J connectivity index is 1.96. The van der Waals surface area contributed by atoms with Gasteiger partial charge in [0.2, 0.25) is 0 Å². The molecule has 2 nitrogen and oxygen atoms in total. The van der Waals surface area contributed by atoms with Gasteiger partial charge in [0.1, 0.15) is 11.9 Å². The smallest absolute Gasteiger partial charge is 0.124 e. The van der Waals surface area contributed by atoms with Gasteiger partial charge in [-0.2, -0.15) is 0 Å². The molecule has 2 rings (SSSR count). The number of hydrogen-bond acceptors (Lipinski definition) is 2. The SMILES string of the molecule is CCc1ccc(O[C@@H]2CCCC[C@H]2O)cc1. The van der Waals surface area contributed by atoms with Crippen molar-refractivity contribution in [2.24, 2.45) is 0 Å². The summed E-state index contributed by atoms with van der Waals surface area (Å²) in [6, 6.07) is 8.18. The fraction of sp³-hybridized carbons (Fsp3) is 0.571. The molecule has 88 valence electrons. The van der Waals surface area contributed by atoms with E-state index in [1.54, 1.807) is 0 Å². The van der Waals surface area contributed by atoms with Gasteiger partial charge in [0.15, 0.2) is 0 Å². The van der Waals surface area contributed by atoms with Gasteiger partial charge in [-0.25, -0.2) is 0 Å². The summed E-state index contributed by atoms with van der Waals surface area (Å²) in [5.74, 6) is 0.878. The number of benzene rings is 1. The molecule has 1 aliphatic rings. The molecule has 0 spiro atoms. The Morgan fingerprint density at radius 2 is 1.88 bits per heavy atom. The molecular weight excluding hydrogens is 200 g/mol. The first-order valence-corrected chi connectivity index (χ1v) is 6.23. The number of aliphatic hydroxyl groups is 1. The van der Waals surface area contributed by atoms with Crippen LogP contribution in [0.15, 0.2) is 24.3 Å². The van der Waals surface area contributed by atoms with Crippen LogP contribution in [0.5, 0.6) is 5.75 Å². The van der Waals surface area contributed by atoms with Gasteiger partial charge in [0.25, 0.3) is 0 Å². The van der Waals surface area contributed by atoms with Crippen molar-refractivity contribution in [2.75, 3.05) is 0 Å². The minimum atomic E-state index is -0.292. The molecule has 0 heterocycles. The Hall–Kier alpha value is -1.02. The maximum Gasteiger partial charge on any atom is 0.124 e. The summed E-state index contributed by atoms with van der Waals surface area (Å²) < 4.78 is 5.82. The molecule has 0 saturated heterocycles. The molecular formula is C14H20O2. The van der Waals surface area contributed by atoms with Crippen LogP contribution in [0.2, 0.25) is 0 Å². The van der Waals surface area contributed by atoms with Crippen molar-refractivity contribution in [3.8, 4) is 5.75 Å². The van der Waals surface area contributed by atoms with Crippen molar-refractivity contribution in [1.82, 2.24) is 0 Å². The highest BCUT2D eigenvalue weighted by atomic mass is 16.5. The third kappa shape index (κ3) is 2.76. The standard InChI is InChI=1S/C14H20O2/c1-2-11-7-9-12(10-8-11)16-14-6-4-3-5-13(14)15/h7-10,13-15H,2-6H2,1H3/t13-,14-/m1/s1. The number of rotatable bonds is 3. The zero-order chi connectivity index (χ0) is 11.4. The number of aliphatic hydroxyl groups excluding tert-OH is 1. The van der Waals surface area contributed by atoms with Gasteiger partial charge in [-0.15, -0.1) is 0 Å². The summed E-state index contributed by atoms with van der Waals surface area (Å²) in [5, 5.41) is 9.81. The van der Waals surface area contributed by atoms with Gasteiger partial charge in [-0.1, -0.05) is 25.5 Å². The first-order valence-electron chi connectivity index (χ1n) is 6.23. The molecule has 1 saturated carbocycles. The zero-order valence-corrected chi connectivity index (χ0v) is 9.86. The maximum absolute atomic E-state index is 9.81. The van der Waals surface area contributed by atoms with Crippen LogP contribution in [-0.2, 0) is 6.42 Å². The number of aryl methyl sites for hydroxylation is 1. The highest BCUT2D eigenvalue weighted by molar-refractivity contribution is 5.27. The lowest BCUT2D eigenvalue weighted by Gasteiger charge is -2.28. The Morgan fingerprint density at radius 3 is 2.50 bits per heavy atom. The predicted octanol–water partition coefficient (Wildman–Crippen LogP) is 2.93. The van der Waals surface area contributed by atoms with E-state index in [2.05, 4.69) is 19.1 Å². The van der Waals surface area contributed by atoms with Crippen LogP contribution in [0.3, 0.4) is 0 Å². The van der Waals surface area contributed by atoms with E-state index < -0.39 is 0 Å². The average molecular weight is 220 g/mol. The molecule has 0 bridgehead atoms. The first kappa shape index (κ1) is 11.5. The lowest BCUT2D eigenvalue weighted by Crippen LogP contribution is -2.34. The largest absolute Gasteiger partial charge is 0.488 e. The van der Waals surface area contributed by atoms with Crippen LogP contribution in [-0.4, -0.2) is 17.3 Å². The van der Waals surface area contributed by atoms with Gasteiger partial charge in [0, 0.05) is 0 Å². The van der Waals surface area contributed by atoms with Crippen LogP contribution >= 0.6 is 0 Å². The monoisotopic (exact) mass is 220 g/mol. The molecule has 1 aromatic rings. The molecule has 0 amide bonds. The zero-order valence-electron chi connectivity index (χ0n) is 9.86. The summed E-state index contributed by atoms with van der Waals surface area (Å²) in [7, 11) is 0. The van der Waals surface area contributed by atoms with Crippen LogP contribution < -0.4 is 4.74 Å². The van der Waals surface area contributed by atoms with Gasteiger partial charge >= 0.3 is 0 Å². The lowest BCUT2D eigenvalue weighted by molar-refractivity contribution is 0.00687. The normalized spacial score (nSPS) is 25.4. The van der Waals surface area contributed by atoms with Crippen molar-refractivity contribution >= 4 is 0 Å². The van der Waals surface area contributed by atoms with Crippen molar-refractivity contribution < 1.29 is 9.84 Å². The van der Waals surface area contributed by atoms with Gasteiger partial charge in [-0.3, -0.25) is 0 Å². The second-order valence-electron chi connectivity index (χ2n) is 4.51. The van der Waals surface area contributed by atoms with Crippen LogP contribution in [0.25, 0.3) is 0 Å². The minimum absolute atomic E-state index is 0.0128. The van der Waals surface area contributed by atoms with E-state index in [-0.39, 0.29) is 12.2 Å². The van der Waals surface area contributed by atoms with Gasteiger partial charge in [0.05, 0.1) is 6.10 Å². The van der Waals surface area contributed by atoms with Crippen LogP contribution in [0, 0.1) is 0 Å². The summed E-state index contributed by atoms with van der Waals surface area (Å²) in [6.45, 7) is 2.14. The Bertz CT molecular complexity index is 318. The lowest BCUT2D eigenvalue weighted by atomic mass is 9.95. The van der Waals surface area contributed by atoms with Crippen molar-refractivity contribution in [3.63, 3.8) is 0 Å². The molecule has 2 atom stereocenters. The number of ether oxygens (including phenoxy) is 1. The second kappa shape index (κ2) is 5.35. The number of hydrogen-bond donors (Lipinski definition) is 1. The Morgan fingerprint density at radius 1 is 1.19 bits per heavy atom. The third-order valence-electron chi connectivity index (χ3n) is 3.29. The summed E-state index contributed by atoms with van der Waals surface area (Å²) in [5.41, 5.74) is 1.32. The molecule has 1 N–H and O–H groups in total. The quantitative estimate of drug-likeness (QED) is 0.848. The van der Waals surface area contributed by atoms with E-state index >= 15 is 0 Å². The van der Waals surface area contributed by atoms with Crippen LogP contribution in [0.1, 0.15) is 38.2 Å². The molecule has 0 aliphatic heterocycles. The summed E-state index contributed by atoms with van der Waals surface area (Å²) >= 11 is 0. The van der Waals surface area contributed by atoms with Crippen molar-refractivity contribution in [3.05, 3.63) is 29.8 Å². The minimum Gasteiger partial charge on any atom is -0.488 e. The third-order valence-corrected chi connectivity index (χ3v) is 3.29. The highest BCUT2D eigenvalue weighted by Crippen LogP contribution is 2.24. The van der Waals surface area contributed by atoms with E-state index in [0.717, 1.165) is 37.9 Å². The molecule has 2 heteroatoms. The fourth-order valence-corrected chi connectivity index (χ4v) is 2.19. The molecule has 1 aliphatic carbocycles. The van der Waals surface area contributed by atoms with Crippen LogP contribution in [0.4, 0.5) is 0 Å². The van der Waals surface area contributed by atoms with E-state index in [1.165, 1.54) is 5.56 Å². The molecule has 0 unspecified atom stereocenters. The van der Waals surface area contributed by atoms with E-state index in [4.69, 9.17) is 4.74 Å².